The highest BCUT2D eigenvalue weighted by molar-refractivity contribution is 6.31. The van der Waals surface area contributed by atoms with Gasteiger partial charge in [-0.3, -0.25) is 4.79 Å². The van der Waals surface area contributed by atoms with Crippen LogP contribution in [0.4, 0.5) is 8.78 Å². The van der Waals surface area contributed by atoms with Crippen LogP contribution in [0.1, 0.15) is 82.8 Å². The summed E-state index contributed by atoms with van der Waals surface area (Å²) in [4.78, 5) is 13.9. The number of carbonyl (C=O) groups is 1. The highest BCUT2D eigenvalue weighted by Gasteiger charge is 2.61. The highest BCUT2D eigenvalue weighted by Crippen LogP contribution is 2.54. The van der Waals surface area contributed by atoms with Gasteiger partial charge in [-0.05, 0) is 68.7 Å². The van der Waals surface area contributed by atoms with Crippen LogP contribution in [0.5, 0.6) is 0 Å². The number of aliphatic hydroxyl groups excluding tert-OH is 1. The number of halogens is 4. The van der Waals surface area contributed by atoms with Crippen LogP contribution in [0.25, 0.3) is 0 Å². The van der Waals surface area contributed by atoms with Crippen molar-refractivity contribution in [3.05, 3.63) is 69.2 Å². The Labute approximate surface area is 256 Å². The Morgan fingerprint density at radius 1 is 1.21 bits per heavy atom. The summed E-state index contributed by atoms with van der Waals surface area (Å²) in [6, 6.07) is 9.01. The van der Waals surface area contributed by atoms with E-state index in [1.54, 1.807) is 6.07 Å². The first-order valence-electron chi connectivity index (χ1n) is 14.5. The number of benzene rings is 2. The minimum atomic E-state index is -1.70. The van der Waals surface area contributed by atoms with Gasteiger partial charge >= 0.3 is 0 Å². The third-order valence-electron chi connectivity index (χ3n) is 9.21. The average molecular weight is 623 g/mol. The number of hydrogen-bond donors (Lipinski definition) is 4. The molecule has 2 aliphatic rings. The van der Waals surface area contributed by atoms with E-state index in [4.69, 9.17) is 23.2 Å². The molecule has 2 aromatic carbocycles. The molecule has 6 nitrogen and oxygen atoms in total. The molecule has 1 aliphatic heterocycles. The number of nitrogens with one attached hydrogen (secondary N) is 2. The van der Waals surface area contributed by atoms with E-state index in [2.05, 4.69) is 23.6 Å². The van der Waals surface area contributed by atoms with Crippen molar-refractivity contribution in [2.45, 2.75) is 101 Å². The Morgan fingerprint density at radius 3 is 2.52 bits per heavy atom. The van der Waals surface area contributed by atoms with Gasteiger partial charge in [0.25, 0.3) is 0 Å². The zero-order chi connectivity index (χ0) is 30.9. The molecule has 10 heteroatoms. The van der Waals surface area contributed by atoms with Crippen molar-refractivity contribution in [2.24, 2.45) is 5.41 Å². The lowest BCUT2D eigenvalue weighted by atomic mass is 9.61. The van der Waals surface area contributed by atoms with Gasteiger partial charge in [-0.15, -0.1) is 0 Å². The Kier molecular flexibility index (Phi) is 9.91. The van der Waals surface area contributed by atoms with Crippen molar-refractivity contribution in [2.75, 3.05) is 6.54 Å². The molecule has 1 aliphatic carbocycles. The highest BCUT2D eigenvalue weighted by atomic mass is 35.5. The first kappa shape index (κ1) is 32.6. The van der Waals surface area contributed by atoms with E-state index in [9.17, 15) is 20.3 Å². The maximum Gasteiger partial charge on any atom is 0.237 e. The van der Waals surface area contributed by atoms with Gasteiger partial charge in [-0.2, -0.15) is 5.26 Å². The van der Waals surface area contributed by atoms with Crippen LogP contribution in [0, 0.1) is 28.4 Å². The average Bonchev–Trinajstić information content (AvgIpc) is 3.23. The monoisotopic (exact) mass is 621 g/mol. The fraction of sp³-hybridized carbons (Fsp3) is 0.562. The van der Waals surface area contributed by atoms with Gasteiger partial charge in [-0.25, -0.2) is 8.78 Å². The maximum absolute atomic E-state index is 15.8. The second kappa shape index (κ2) is 12.8. The summed E-state index contributed by atoms with van der Waals surface area (Å²) >= 11 is 12.3. The molecule has 42 heavy (non-hydrogen) atoms. The zero-order valence-electron chi connectivity index (χ0n) is 24.2. The molecule has 228 valence electrons. The standard InChI is InChI=1S/C32H39Cl2F2N3O3/c1-30(2,42)25(40)12-15-38-29(41)28-26(20-8-7-9-22(34)27(20)36)32(18-37,21-11-10-19(33)16-23(21)35)24(39-28)17-31(3)13-5-4-6-14-31/h7-11,16,24-26,28,39-40,42H,4-6,12-15,17H2,1-3H3,(H,38,41)/t24-,25-,26-,28+,32-/m0/s1. The molecule has 1 amide bonds. The minimum Gasteiger partial charge on any atom is -0.390 e. The Balaban J connectivity index is 1.85. The van der Waals surface area contributed by atoms with Crippen LogP contribution in [0.3, 0.4) is 0 Å². The SMILES string of the molecule is CC1(C[C@@H]2N[C@@H](C(=O)NCC[C@H](O)C(C)(C)O)[C@H](c3cccc(Cl)c3F)[C@@]2(C#N)c2ccc(Cl)cc2F)CCCCC1. The lowest BCUT2D eigenvalue weighted by molar-refractivity contribution is -0.123. The number of nitrogens with zero attached hydrogens (tertiary/aromatic N) is 1. The summed E-state index contributed by atoms with van der Waals surface area (Å²) in [6.07, 6.45) is 4.42. The number of amides is 1. The normalized spacial score (nSPS) is 26.4. The summed E-state index contributed by atoms with van der Waals surface area (Å²) in [6.45, 7) is 5.10. The van der Waals surface area contributed by atoms with E-state index in [0.29, 0.717) is 6.42 Å². The van der Waals surface area contributed by atoms with Gasteiger partial charge in [0.2, 0.25) is 5.91 Å². The van der Waals surface area contributed by atoms with Crippen LogP contribution in [-0.4, -0.2) is 46.5 Å². The van der Waals surface area contributed by atoms with Gasteiger partial charge in [-0.1, -0.05) is 67.6 Å². The van der Waals surface area contributed by atoms with Crippen molar-refractivity contribution in [3.8, 4) is 6.07 Å². The largest absolute Gasteiger partial charge is 0.390 e. The van der Waals surface area contributed by atoms with E-state index in [1.165, 1.54) is 38.1 Å². The van der Waals surface area contributed by atoms with Crippen molar-refractivity contribution in [3.63, 3.8) is 0 Å². The molecular weight excluding hydrogens is 583 g/mol. The summed E-state index contributed by atoms with van der Waals surface area (Å²) in [5, 5.41) is 37.5. The number of hydrogen-bond acceptors (Lipinski definition) is 5. The van der Waals surface area contributed by atoms with Crippen molar-refractivity contribution in [1.82, 2.24) is 10.6 Å². The summed E-state index contributed by atoms with van der Waals surface area (Å²) in [7, 11) is 0. The van der Waals surface area contributed by atoms with Gasteiger partial charge in [0, 0.05) is 29.1 Å². The topological polar surface area (TPSA) is 105 Å². The number of rotatable bonds is 9. The van der Waals surface area contributed by atoms with Crippen LogP contribution >= 0.6 is 23.2 Å². The predicted molar refractivity (Wildman–Crippen MR) is 159 cm³/mol. The second-order valence-electron chi connectivity index (χ2n) is 12.7. The lowest BCUT2D eigenvalue weighted by Crippen LogP contribution is -2.47. The fourth-order valence-electron chi connectivity index (χ4n) is 6.84. The van der Waals surface area contributed by atoms with Crippen molar-refractivity contribution in [1.29, 1.82) is 5.26 Å². The maximum atomic E-state index is 15.8. The van der Waals surface area contributed by atoms with Gasteiger partial charge in [0.15, 0.2) is 0 Å². The van der Waals surface area contributed by atoms with Gasteiger partial charge in [0.05, 0.1) is 28.8 Å². The van der Waals surface area contributed by atoms with Crippen molar-refractivity contribution >= 4 is 29.1 Å². The van der Waals surface area contributed by atoms with Crippen LogP contribution in [-0.2, 0) is 10.2 Å². The molecule has 0 spiro atoms. The lowest BCUT2D eigenvalue weighted by Gasteiger charge is -2.41. The first-order valence-corrected chi connectivity index (χ1v) is 15.2. The third kappa shape index (κ3) is 6.46. The second-order valence-corrected chi connectivity index (χ2v) is 13.6. The summed E-state index contributed by atoms with van der Waals surface area (Å²) in [5.41, 5.74) is -3.19. The minimum absolute atomic E-state index is 0.0180. The number of aliphatic hydroxyl groups is 2. The third-order valence-corrected chi connectivity index (χ3v) is 9.73. The molecule has 0 radical (unpaired) electrons. The van der Waals surface area contributed by atoms with Crippen LogP contribution < -0.4 is 10.6 Å². The molecular formula is C32H39Cl2F2N3O3. The Hall–Kier alpha value is -2.28. The van der Waals surface area contributed by atoms with E-state index < -0.39 is 52.7 Å². The number of carbonyl (C=O) groups excluding carboxylic acids is 1. The smallest absolute Gasteiger partial charge is 0.237 e. The summed E-state index contributed by atoms with van der Waals surface area (Å²) < 4.78 is 31.7. The molecule has 1 saturated heterocycles. The van der Waals surface area contributed by atoms with Crippen LogP contribution in [0.2, 0.25) is 10.0 Å². The van der Waals surface area contributed by atoms with E-state index >= 15 is 8.78 Å². The van der Waals surface area contributed by atoms with E-state index in [0.717, 1.165) is 38.2 Å². The first-order chi connectivity index (χ1) is 19.7. The van der Waals surface area contributed by atoms with Gasteiger partial charge in [0.1, 0.15) is 17.0 Å². The molecule has 2 aromatic rings. The molecule has 4 N–H and O–H groups in total. The van der Waals surface area contributed by atoms with Crippen LogP contribution in [0.15, 0.2) is 36.4 Å². The summed E-state index contributed by atoms with van der Waals surface area (Å²) in [5.74, 6) is -3.19. The molecule has 1 heterocycles. The molecule has 0 unspecified atom stereocenters. The molecule has 5 atom stereocenters. The van der Waals surface area contributed by atoms with E-state index in [1.807, 2.05) is 0 Å². The Morgan fingerprint density at radius 2 is 1.90 bits per heavy atom. The Bertz CT molecular complexity index is 1340. The molecule has 2 fully saturated rings. The quantitative estimate of drug-likeness (QED) is 0.268. The molecule has 4 rings (SSSR count). The molecule has 0 aromatic heterocycles. The fourth-order valence-corrected chi connectivity index (χ4v) is 7.18. The van der Waals surface area contributed by atoms with Gasteiger partial charge < -0.3 is 20.8 Å². The van der Waals surface area contributed by atoms with Crippen molar-refractivity contribution < 1.29 is 23.8 Å². The predicted octanol–water partition coefficient (Wildman–Crippen LogP) is 6.16. The number of nitriles is 1. The molecule has 0 bridgehead atoms. The molecule has 1 saturated carbocycles. The van der Waals surface area contributed by atoms with E-state index in [-0.39, 0.29) is 39.6 Å². The zero-order valence-corrected chi connectivity index (χ0v) is 25.7.